The third kappa shape index (κ3) is 3.89. The second kappa shape index (κ2) is 7.28. The molecule has 0 fully saturated rings. The highest BCUT2D eigenvalue weighted by Crippen LogP contribution is 2.26. The fraction of sp³-hybridized carbons (Fsp3) is 0.286. The molecule has 23 heavy (non-hydrogen) atoms. The molecule has 2 nitrogen and oxygen atoms in total. The van der Waals surface area contributed by atoms with E-state index in [1.807, 2.05) is 18.2 Å². The number of hydrogen-bond acceptors (Lipinski definition) is 2. The van der Waals surface area contributed by atoms with E-state index in [0.717, 1.165) is 30.6 Å². The summed E-state index contributed by atoms with van der Waals surface area (Å²) >= 11 is 0. The summed E-state index contributed by atoms with van der Waals surface area (Å²) in [6.07, 6.45) is 7.85. The minimum absolute atomic E-state index is 0.178. The Morgan fingerprint density at radius 2 is 1.87 bits per heavy atom. The number of ketones is 1. The number of rotatable bonds is 5. The van der Waals surface area contributed by atoms with E-state index in [9.17, 15) is 4.79 Å². The molecule has 0 atom stereocenters. The fourth-order valence-corrected chi connectivity index (χ4v) is 2.79. The molecule has 0 aromatic heterocycles. The largest absolute Gasteiger partial charge is 0.492 e. The molecule has 0 saturated heterocycles. The van der Waals surface area contributed by atoms with Crippen molar-refractivity contribution >= 4 is 11.9 Å². The van der Waals surface area contributed by atoms with Crippen LogP contribution in [0.1, 0.15) is 46.8 Å². The lowest BCUT2D eigenvalue weighted by Gasteiger charge is -2.16. The second-order valence-electron chi connectivity index (χ2n) is 5.89. The predicted molar refractivity (Wildman–Crippen MR) is 94.1 cm³/mol. The van der Waals surface area contributed by atoms with Gasteiger partial charge in [-0.3, -0.25) is 4.79 Å². The van der Waals surface area contributed by atoms with Gasteiger partial charge in [0.1, 0.15) is 5.75 Å². The standard InChI is InChI=1S/C21H22O2/c1-2-16-7-9-17(10-8-16)5-3-4-6-18-11-12-21-19(15-18)20(22)13-14-23-21/h4,6-12,15H,2-3,5,13-14H2,1H3. The van der Waals surface area contributed by atoms with Crippen molar-refractivity contribution in [3.8, 4) is 5.75 Å². The van der Waals surface area contributed by atoms with Crippen molar-refractivity contribution in [3.05, 3.63) is 70.8 Å². The van der Waals surface area contributed by atoms with E-state index in [4.69, 9.17) is 4.74 Å². The Bertz CT molecular complexity index is 711. The van der Waals surface area contributed by atoms with Gasteiger partial charge in [0, 0.05) is 6.42 Å². The van der Waals surface area contributed by atoms with Crippen molar-refractivity contribution in [1.82, 2.24) is 0 Å². The zero-order chi connectivity index (χ0) is 16.1. The minimum atomic E-state index is 0.178. The SMILES string of the molecule is CCc1ccc(CCC=Cc2ccc3c(c2)C(=O)CCO3)cc1. The third-order valence-electron chi connectivity index (χ3n) is 4.23. The molecule has 0 radical (unpaired) electrons. The zero-order valence-corrected chi connectivity index (χ0v) is 13.5. The van der Waals surface area contributed by atoms with Crippen LogP contribution in [-0.2, 0) is 12.8 Å². The van der Waals surface area contributed by atoms with Crippen LogP contribution in [-0.4, -0.2) is 12.4 Å². The molecule has 0 aliphatic carbocycles. The van der Waals surface area contributed by atoms with Crippen molar-refractivity contribution in [2.75, 3.05) is 6.61 Å². The summed E-state index contributed by atoms with van der Waals surface area (Å²) in [7, 11) is 0. The molecule has 2 heteroatoms. The topological polar surface area (TPSA) is 26.3 Å². The molecular weight excluding hydrogens is 284 g/mol. The molecule has 0 bridgehead atoms. The van der Waals surface area contributed by atoms with Crippen LogP contribution in [0.3, 0.4) is 0 Å². The van der Waals surface area contributed by atoms with Gasteiger partial charge in [0.05, 0.1) is 12.2 Å². The molecule has 3 rings (SSSR count). The van der Waals surface area contributed by atoms with Gasteiger partial charge in [0.15, 0.2) is 5.78 Å². The van der Waals surface area contributed by atoms with E-state index in [0.29, 0.717) is 18.6 Å². The summed E-state index contributed by atoms with van der Waals surface area (Å²) in [5.74, 6) is 0.895. The highest BCUT2D eigenvalue weighted by atomic mass is 16.5. The Balaban J connectivity index is 1.59. The normalized spacial score (nSPS) is 13.9. The van der Waals surface area contributed by atoms with Crippen molar-refractivity contribution in [2.24, 2.45) is 0 Å². The zero-order valence-electron chi connectivity index (χ0n) is 13.5. The van der Waals surface area contributed by atoms with Gasteiger partial charge in [-0.25, -0.2) is 0 Å². The smallest absolute Gasteiger partial charge is 0.170 e. The van der Waals surface area contributed by atoms with Gasteiger partial charge in [0.2, 0.25) is 0 Å². The molecule has 0 N–H and O–H groups in total. The molecule has 0 spiro atoms. The quantitative estimate of drug-likeness (QED) is 0.788. The average molecular weight is 306 g/mol. The van der Waals surface area contributed by atoms with Gasteiger partial charge in [-0.1, -0.05) is 49.4 Å². The lowest BCUT2D eigenvalue weighted by molar-refractivity contribution is 0.0933. The molecular formula is C21H22O2. The predicted octanol–water partition coefficient (Wildman–Crippen LogP) is 4.86. The molecule has 1 aliphatic heterocycles. The van der Waals surface area contributed by atoms with Crippen LogP contribution in [0.15, 0.2) is 48.5 Å². The van der Waals surface area contributed by atoms with Crippen molar-refractivity contribution < 1.29 is 9.53 Å². The van der Waals surface area contributed by atoms with E-state index >= 15 is 0 Å². The lowest BCUT2D eigenvalue weighted by atomic mass is 10.0. The van der Waals surface area contributed by atoms with Crippen molar-refractivity contribution in [3.63, 3.8) is 0 Å². The second-order valence-corrected chi connectivity index (χ2v) is 5.89. The van der Waals surface area contributed by atoms with E-state index in [1.54, 1.807) is 0 Å². The van der Waals surface area contributed by atoms with E-state index in [-0.39, 0.29) is 5.78 Å². The number of ether oxygens (including phenoxy) is 1. The average Bonchev–Trinajstić information content (AvgIpc) is 2.60. The minimum Gasteiger partial charge on any atom is -0.492 e. The number of hydrogen-bond donors (Lipinski definition) is 0. The Hall–Kier alpha value is -2.35. The molecule has 2 aromatic rings. The first kappa shape index (κ1) is 15.5. The Morgan fingerprint density at radius 1 is 1.09 bits per heavy atom. The maximum atomic E-state index is 11.9. The van der Waals surface area contributed by atoms with E-state index in [2.05, 4.69) is 43.3 Å². The highest BCUT2D eigenvalue weighted by molar-refractivity contribution is 6.00. The van der Waals surface area contributed by atoms with Gasteiger partial charge in [0.25, 0.3) is 0 Å². The fourth-order valence-electron chi connectivity index (χ4n) is 2.79. The molecule has 1 heterocycles. The number of allylic oxidation sites excluding steroid dienone is 1. The van der Waals surface area contributed by atoms with Crippen LogP contribution in [0.25, 0.3) is 6.08 Å². The Labute approximate surface area is 137 Å². The molecule has 0 unspecified atom stereocenters. The van der Waals surface area contributed by atoms with Gasteiger partial charge < -0.3 is 4.74 Å². The van der Waals surface area contributed by atoms with E-state index < -0.39 is 0 Å². The maximum absolute atomic E-state index is 11.9. The molecule has 2 aromatic carbocycles. The maximum Gasteiger partial charge on any atom is 0.170 e. The lowest BCUT2D eigenvalue weighted by Crippen LogP contribution is -2.15. The highest BCUT2D eigenvalue weighted by Gasteiger charge is 2.17. The number of carbonyl (C=O) groups excluding carboxylic acids is 1. The summed E-state index contributed by atoms with van der Waals surface area (Å²) < 4.78 is 5.51. The first-order chi connectivity index (χ1) is 11.3. The number of carbonyl (C=O) groups is 1. The Kier molecular flexibility index (Phi) is 4.92. The molecule has 118 valence electrons. The number of aryl methyl sites for hydroxylation is 2. The van der Waals surface area contributed by atoms with Crippen LogP contribution in [0.2, 0.25) is 0 Å². The first-order valence-corrected chi connectivity index (χ1v) is 8.30. The van der Waals surface area contributed by atoms with Gasteiger partial charge in [-0.05, 0) is 48.1 Å². The third-order valence-corrected chi connectivity index (χ3v) is 4.23. The summed E-state index contributed by atoms with van der Waals surface area (Å²) in [6.45, 7) is 2.67. The number of Topliss-reactive ketones (excluding diaryl/α,β-unsaturated/α-hetero) is 1. The van der Waals surface area contributed by atoms with Gasteiger partial charge >= 0.3 is 0 Å². The molecule has 0 saturated carbocycles. The first-order valence-electron chi connectivity index (χ1n) is 8.30. The number of benzene rings is 2. The van der Waals surface area contributed by atoms with Crippen molar-refractivity contribution in [2.45, 2.75) is 32.6 Å². The van der Waals surface area contributed by atoms with E-state index in [1.165, 1.54) is 11.1 Å². The molecule has 1 aliphatic rings. The van der Waals surface area contributed by atoms with Gasteiger partial charge in [-0.15, -0.1) is 0 Å². The Morgan fingerprint density at radius 3 is 2.65 bits per heavy atom. The van der Waals surface area contributed by atoms with Crippen LogP contribution in [0.4, 0.5) is 0 Å². The van der Waals surface area contributed by atoms with Crippen LogP contribution < -0.4 is 4.74 Å². The van der Waals surface area contributed by atoms with Crippen LogP contribution >= 0.6 is 0 Å². The monoisotopic (exact) mass is 306 g/mol. The summed E-state index contributed by atoms with van der Waals surface area (Å²) in [5.41, 5.74) is 4.52. The van der Waals surface area contributed by atoms with Crippen LogP contribution in [0, 0.1) is 0 Å². The van der Waals surface area contributed by atoms with Crippen LogP contribution in [0.5, 0.6) is 5.75 Å². The number of fused-ring (bicyclic) bond motifs is 1. The summed E-state index contributed by atoms with van der Waals surface area (Å²) in [4.78, 5) is 11.9. The molecule has 0 amide bonds. The summed E-state index contributed by atoms with van der Waals surface area (Å²) in [5, 5.41) is 0. The summed E-state index contributed by atoms with van der Waals surface area (Å²) in [6, 6.07) is 14.7. The van der Waals surface area contributed by atoms with Crippen molar-refractivity contribution in [1.29, 1.82) is 0 Å². The van der Waals surface area contributed by atoms with Gasteiger partial charge in [-0.2, -0.15) is 0 Å².